The first-order chi connectivity index (χ1) is 9.15. The van der Waals surface area contributed by atoms with Crippen LogP contribution in [0.3, 0.4) is 0 Å². The largest absolute Gasteiger partial charge is 0.361 e. The van der Waals surface area contributed by atoms with Crippen molar-refractivity contribution >= 4 is 5.91 Å². The minimum atomic E-state index is -0.209. The van der Waals surface area contributed by atoms with E-state index in [2.05, 4.69) is 15.8 Å². The molecule has 1 aromatic heterocycles. The Bertz CT molecular complexity index is 411. The van der Waals surface area contributed by atoms with E-state index in [0.717, 1.165) is 24.3 Å². The smallest absolute Gasteiger partial charge is 0.237 e. The fraction of sp³-hybridized carbons (Fsp3) is 0.714. The van der Waals surface area contributed by atoms with Gasteiger partial charge in [-0.05, 0) is 26.7 Å². The van der Waals surface area contributed by atoms with Gasteiger partial charge in [-0.2, -0.15) is 0 Å². The van der Waals surface area contributed by atoms with Crippen molar-refractivity contribution in [1.82, 2.24) is 15.8 Å². The molecule has 19 heavy (non-hydrogen) atoms. The van der Waals surface area contributed by atoms with Crippen LogP contribution in [0.1, 0.15) is 50.5 Å². The molecule has 1 aromatic rings. The molecule has 1 aliphatic rings. The summed E-state index contributed by atoms with van der Waals surface area (Å²) >= 11 is 0. The van der Waals surface area contributed by atoms with Gasteiger partial charge in [0.15, 0.2) is 0 Å². The fourth-order valence-corrected chi connectivity index (χ4v) is 2.42. The molecule has 1 heterocycles. The van der Waals surface area contributed by atoms with Crippen molar-refractivity contribution in [3.63, 3.8) is 0 Å². The van der Waals surface area contributed by atoms with E-state index < -0.39 is 0 Å². The van der Waals surface area contributed by atoms with Crippen LogP contribution >= 0.6 is 0 Å². The Morgan fingerprint density at radius 2 is 2.21 bits per heavy atom. The first-order valence-corrected chi connectivity index (χ1v) is 7.11. The van der Waals surface area contributed by atoms with Gasteiger partial charge in [-0.15, -0.1) is 0 Å². The summed E-state index contributed by atoms with van der Waals surface area (Å²) in [6.45, 7) is 4.29. The van der Waals surface area contributed by atoms with Crippen LogP contribution in [0.2, 0.25) is 0 Å². The minimum Gasteiger partial charge on any atom is -0.361 e. The van der Waals surface area contributed by atoms with E-state index >= 15 is 0 Å². The van der Waals surface area contributed by atoms with Crippen LogP contribution in [0.4, 0.5) is 0 Å². The van der Waals surface area contributed by atoms with Crippen LogP contribution in [-0.2, 0) is 11.3 Å². The summed E-state index contributed by atoms with van der Waals surface area (Å²) in [5.41, 5.74) is 0.829. The molecule has 1 atom stereocenters. The normalized spacial score (nSPS) is 18.2. The molecule has 2 N–H and O–H groups in total. The zero-order valence-corrected chi connectivity index (χ0v) is 11.7. The maximum Gasteiger partial charge on any atom is 0.237 e. The quantitative estimate of drug-likeness (QED) is 0.853. The maximum atomic E-state index is 12.0. The van der Waals surface area contributed by atoms with E-state index in [1.165, 1.54) is 19.3 Å². The number of hydrogen-bond donors (Lipinski definition) is 2. The number of hydrogen-bond acceptors (Lipinski definition) is 4. The summed E-state index contributed by atoms with van der Waals surface area (Å²) in [6, 6.07) is 2.03. The first kappa shape index (κ1) is 14.1. The highest BCUT2D eigenvalue weighted by Crippen LogP contribution is 2.17. The lowest BCUT2D eigenvalue weighted by atomic mass is 9.95. The molecular weight excluding hydrogens is 242 g/mol. The highest BCUT2D eigenvalue weighted by molar-refractivity contribution is 5.81. The van der Waals surface area contributed by atoms with Crippen molar-refractivity contribution in [2.75, 3.05) is 0 Å². The lowest BCUT2D eigenvalue weighted by Crippen LogP contribution is -2.46. The van der Waals surface area contributed by atoms with Gasteiger partial charge in [0.05, 0.1) is 11.7 Å². The predicted molar refractivity (Wildman–Crippen MR) is 72.6 cm³/mol. The maximum absolute atomic E-state index is 12.0. The number of aromatic nitrogens is 1. The molecule has 5 nitrogen and oxygen atoms in total. The topological polar surface area (TPSA) is 67.2 Å². The van der Waals surface area contributed by atoms with E-state index in [0.29, 0.717) is 12.6 Å². The van der Waals surface area contributed by atoms with Gasteiger partial charge < -0.3 is 15.2 Å². The Kier molecular flexibility index (Phi) is 4.96. The average Bonchev–Trinajstić information content (AvgIpc) is 2.83. The van der Waals surface area contributed by atoms with Crippen molar-refractivity contribution in [3.8, 4) is 0 Å². The van der Waals surface area contributed by atoms with Gasteiger partial charge in [0.25, 0.3) is 0 Å². The van der Waals surface area contributed by atoms with Gasteiger partial charge in [0.2, 0.25) is 5.91 Å². The summed E-state index contributed by atoms with van der Waals surface area (Å²) in [5.74, 6) is 0.864. The Labute approximate surface area is 114 Å². The van der Waals surface area contributed by atoms with Crippen molar-refractivity contribution in [3.05, 3.63) is 17.5 Å². The summed E-state index contributed by atoms with van der Waals surface area (Å²) in [6.07, 6.45) is 5.98. The molecule has 5 heteroatoms. The number of nitrogens with zero attached hydrogens (tertiary/aromatic N) is 1. The average molecular weight is 265 g/mol. The molecule has 0 aliphatic heterocycles. The molecule has 0 saturated heterocycles. The summed E-state index contributed by atoms with van der Waals surface area (Å²) in [5, 5.41) is 10.2. The van der Waals surface area contributed by atoms with Crippen LogP contribution < -0.4 is 10.6 Å². The van der Waals surface area contributed by atoms with Crippen LogP contribution in [0, 0.1) is 6.92 Å². The second kappa shape index (κ2) is 6.70. The molecule has 1 unspecified atom stereocenters. The third-order valence-electron chi connectivity index (χ3n) is 3.61. The van der Waals surface area contributed by atoms with E-state index in [1.807, 2.05) is 19.9 Å². The Morgan fingerprint density at radius 1 is 1.47 bits per heavy atom. The third kappa shape index (κ3) is 4.35. The Balaban J connectivity index is 1.72. The molecule has 1 amide bonds. The van der Waals surface area contributed by atoms with Crippen LogP contribution in [0.25, 0.3) is 0 Å². The van der Waals surface area contributed by atoms with E-state index in [-0.39, 0.29) is 11.9 Å². The molecule has 2 rings (SSSR count). The molecule has 1 fully saturated rings. The minimum absolute atomic E-state index is 0.0760. The third-order valence-corrected chi connectivity index (χ3v) is 3.61. The molecule has 0 spiro atoms. The number of carbonyl (C=O) groups excluding carboxylic acids is 1. The number of carbonyl (C=O) groups is 1. The monoisotopic (exact) mass is 265 g/mol. The number of rotatable bonds is 5. The highest BCUT2D eigenvalue weighted by atomic mass is 16.5. The van der Waals surface area contributed by atoms with Crippen molar-refractivity contribution in [2.45, 2.75) is 64.6 Å². The molecule has 1 saturated carbocycles. The van der Waals surface area contributed by atoms with Gasteiger partial charge >= 0.3 is 0 Å². The van der Waals surface area contributed by atoms with Gasteiger partial charge in [-0.25, -0.2) is 0 Å². The van der Waals surface area contributed by atoms with Gasteiger partial charge in [0.1, 0.15) is 5.76 Å². The first-order valence-electron chi connectivity index (χ1n) is 7.11. The molecule has 0 aromatic carbocycles. The van der Waals surface area contributed by atoms with Crippen molar-refractivity contribution in [2.24, 2.45) is 0 Å². The summed E-state index contributed by atoms with van der Waals surface area (Å²) in [4.78, 5) is 12.0. The predicted octanol–water partition coefficient (Wildman–Crippen LogP) is 1.91. The van der Waals surface area contributed by atoms with E-state index in [1.54, 1.807) is 0 Å². The molecular formula is C14H23N3O2. The molecule has 1 aliphatic carbocycles. The Morgan fingerprint density at radius 3 is 2.84 bits per heavy atom. The van der Waals surface area contributed by atoms with Crippen LogP contribution in [-0.4, -0.2) is 23.1 Å². The standard InChI is InChI=1S/C14H23N3O2/c1-10-8-13(17-19-10)9-15-11(2)14(18)16-12-6-4-3-5-7-12/h8,11-12,15H,3-7,9H2,1-2H3,(H,16,18). The number of amides is 1. The Hall–Kier alpha value is -1.36. The zero-order valence-electron chi connectivity index (χ0n) is 11.7. The van der Waals surface area contributed by atoms with E-state index in [4.69, 9.17) is 4.52 Å². The van der Waals surface area contributed by atoms with Crippen LogP contribution in [0.5, 0.6) is 0 Å². The number of nitrogens with one attached hydrogen (secondary N) is 2. The second-order valence-corrected chi connectivity index (χ2v) is 5.38. The van der Waals surface area contributed by atoms with Crippen molar-refractivity contribution in [1.29, 1.82) is 0 Å². The number of aryl methyl sites for hydroxylation is 1. The summed E-state index contributed by atoms with van der Waals surface area (Å²) in [7, 11) is 0. The second-order valence-electron chi connectivity index (χ2n) is 5.38. The lowest BCUT2D eigenvalue weighted by molar-refractivity contribution is -0.123. The van der Waals surface area contributed by atoms with Gasteiger partial charge in [-0.3, -0.25) is 4.79 Å². The zero-order chi connectivity index (χ0) is 13.7. The summed E-state index contributed by atoms with van der Waals surface area (Å²) < 4.78 is 4.99. The van der Waals surface area contributed by atoms with Crippen LogP contribution in [0.15, 0.2) is 10.6 Å². The molecule has 0 bridgehead atoms. The molecule has 0 radical (unpaired) electrons. The van der Waals surface area contributed by atoms with E-state index in [9.17, 15) is 4.79 Å². The van der Waals surface area contributed by atoms with Gasteiger partial charge in [0, 0.05) is 18.7 Å². The lowest BCUT2D eigenvalue weighted by Gasteiger charge is -2.24. The SMILES string of the molecule is Cc1cc(CNC(C)C(=O)NC2CCCCC2)no1. The molecule has 106 valence electrons. The van der Waals surface area contributed by atoms with Gasteiger partial charge in [-0.1, -0.05) is 24.4 Å². The van der Waals surface area contributed by atoms with Crippen molar-refractivity contribution < 1.29 is 9.32 Å². The highest BCUT2D eigenvalue weighted by Gasteiger charge is 2.19. The fourth-order valence-electron chi connectivity index (χ4n) is 2.42.